The summed E-state index contributed by atoms with van der Waals surface area (Å²) in [5, 5.41) is 10.1. The molecule has 0 atom stereocenters. The van der Waals surface area contributed by atoms with Crippen LogP contribution in [0.3, 0.4) is 0 Å². The Kier molecular flexibility index (Phi) is 5.94. The molecule has 4 nitrogen and oxygen atoms in total. The number of carboxylic acid groups (broad SMARTS) is 1. The van der Waals surface area contributed by atoms with Crippen LogP contribution in [0, 0.1) is 0 Å². The minimum absolute atomic E-state index is 0. The fraction of sp³-hybridized carbons (Fsp3) is 0.0833. The number of carbonyl (C=O) groups is 1. The van der Waals surface area contributed by atoms with Crippen LogP contribution < -0.4 is 66.0 Å². The first-order chi connectivity index (χ1) is 7.75. The number of ether oxygens (including phenoxy) is 2. The molecule has 1 aliphatic rings. The number of benzene rings is 1. The van der Waals surface area contributed by atoms with E-state index >= 15 is 0 Å². The number of hydrogen-bond donors (Lipinski definition) is 0. The third kappa shape index (κ3) is 4.29. The van der Waals surface area contributed by atoms with Crippen molar-refractivity contribution in [3.05, 3.63) is 42.0 Å². The minimum atomic E-state index is -1.21. The largest absolute Gasteiger partial charge is 1.00 e. The van der Waals surface area contributed by atoms with E-state index in [0.29, 0.717) is 5.75 Å². The molecule has 0 aliphatic carbocycles. The van der Waals surface area contributed by atoms with Crippen LogP contribution in [0.25, 0.3) is 6.08 Å². The van der Waals surface area contributed by atoms with E-state index in [1.54, 1.807) is 12.2 Å². The van der Waals surface area contributed by atoms with Gasteiger partial charge in [-0.3, -0.25) is 0 Å². The molecule has 1 heterocycles. The molecular weight excluding hydrogens is 247 g/mol. The van der Waals surface area contributed by atoms with Crippen LogP contribution in [-0.4, -0.2) is 12.8 Å². The zero-order valence-electron chi connectivity index (χ0n) is 9.38. The van der Waals surface area contributed by atoms with Gasteiger partial charge < -0.3 is 19.4 Å². The second kappa shape index (κ2) is 6.98. The van der Waals surface area contributed by atoms with Gasteiger partial charge in [0.2, 0.25) is 6.79 Å². The maximum Gasteiger partial charge on any atom is 1.00 e. The van der Waals surface area contributed by atoms with Gasteiger partial charge in [-0.1, -0.05) is 24.3 Å². The Balaban J connectivity index is 0.00000144. The Morgan fingerprint density at radius 3 is 2.76 bits per heavy atom. The summed E-state index contributed by atoms with van der Waals surface area (Å²) in [4.78, 5) is 10.1. The van der Waals surface area contributed by atoms with Crippen molar-refractivity contribution in [3.8, 4) is 11.5 Å². The molecule has 1 aromatic carbocycles. The van der Waals surface area contributed by atoms with Gasteiger partial charge in [0.25, 0.3) is 0 Å². The zero-order valence-corrected chi connectivity index (χ0v) is 12.5. The van der Waals surface area contributed by atoms with Gasteiger partial charge >= 0.3 is 51.4 Å². The first-order valence-corrected chi connectivity index (χ1v) is 4.71. The van der Waals surface area contributed by atoms with Gasteiger partial charge in [0.05, 0.1) is 5.97 Å². The second-order valence-corrected chi connectivity index (χ2v) is 3.15. The summed E-state index contributed by atoms with van der Waals surface area (Å²) in [6.45, 7) is 0.243. The zero-order chi connectivity index (χ0) is 11.4. The Morgan fingerprint density at radius 2 is 2.00 bits per heavy atom. The molecule has 0 radical (unpaired) electrons. The van der Waals surface area contributed by atoms with Gasteiger partial charge in [-0.15, -0.1) is 0 Å². The quantitative estimate of drug-likeness (QED) is 0.348. The van der Waals surface area contributed by atoms with E-state index in [9.17, 15) is 9.90 Å². The summed E-state index contributed by atoms with van der Waals surface area (Å²) >= 11 is 0. The van der Waals surface area contributed by atoms with Crippen LogP contribution in [0.2, 0.25) is 0 Å². The molecule has 5 heteroatoms. The molecule has 0 fully saturated rings. The van der Waals surface area contributed by atoms with E-state index in [2.05, 4.69) is 0 Å². The van der Waals surface area contributed by atoms with Gasteiger partial charge in [0, 0.05) is 0 Å². The summed E-state index contributed by atoms with van der Waals surface area (Å²) in [6, 6.07) is 5.49. The number of rotatable bonds is 3. The van der Waals surface area contributed by atoms with Crippen molar-refractivity contribution >= 4 is 12.0 Å². The SMILES string of the molecule is O=C([O-])/C=C/C=C/c1ccc2c(c1)OCO2.[K+]. The molecule has 2 rings (SSSR count). The smallest absolute Gasteiger partial charge is 0.545 e. The Hall–Kier alpha value is -0.594. The van der Waals surface area contributed by atoms with Crippen molar-refractivity contribution in [2.24, 2.45) is 0 Å². The summed E-state index contributed by atoms with van der Waals surface area (Å²) in [7, 11) is 0. The molecule has 1 aromatic rings. The fourth-order valence-electron chi connectivity index (χ4n) is 1.32. The molecule has 0 saturated carbocycles. The van der Waals surface area contributed by atoms with Gasteiger partial charge in [-0.25, -0.2) is 0 Å². The van der Waals surface area contributed by atoms with E-state index in [-0.39, 0.29) is 58.2 Å². The van der Waals surface area contributed by atoms with E-state index in [1.165, 1.54) is 6.08 Å². The average molecular weight is 256 g/mol. The van der Waals surface area contributed by atoms with Crippen LogP contribution in [-0.2, 0) is 4.79 Å². The molecule has 0 spiro atoms. The number of fused-ring (bicyclic) bond motifs is 1. The molecule has 0 aromatic heterocycles. The van der Waals surface area contributed by atoms with Crippen molar-refractivity contribution in [2.75, 3.05) is 6.79 Å². The number of hydrogen-bond acceptors (Lipinski definition) is 4. The number of aliphatic carboxylic acids is 1. The second-order valence-electron chi connectivity index (χ2n) is 3.15. The van der Waals surface area contributed by atoms with Crippen molar-refractivity contribution < 1.29 is 70.8 Å². The summed E-state index contributed by atoms with van der Waals surface area (Å²) < 4.78 is 10.4. The number of carboxylic acids is 1. The topological polar surface area (TPSA) is 58.6 Å². The summed E-state index contributed by atoms with van der Waals surface area (Å²) in [6.07, 6.45) is 5.75. The van der Waals surface area contributed by atoms with Crippen molar-refractivity contribution in [1.82, 2.24) is 0 Å². The van der Waals surface area contributed by atoms with E-state index in [1.807, 2.05) is 18.2 Å². The summed E-state index contributed by atoms with van der Waals surface area (Å²) in [5.41, 5.74) is 0.909. The molecule has 82 valence electrons. The molecular formula is C12H9KO4. The number of allylic oxidation sites excluding steroid dienone is 2. The maximum absolute atomic E-state index is 10.1. The van der Waals surface area contributed by atoms with Crippen LogP contribution in [0.1, 0.15) is 5.56 Å². The molecule has 0 N–H and O–H groups in total. The van der Waals surface area contributed by atoms with Crippen molar-refractivity contribution in [2.45, 2.75) is 0 Å². The van der Waals surface area contributed by atoms with Crippen LogP contribution in [0.15, 0.2) is 36.4 Å². The summed E-state index contributed by atoms with van der Waals surface area (Å²) in [5.74, 6) is 0.212. The van der Waals surface area contributed by atoms with Crippen molar-refractivity contribution in [1.29, 1.82) is 0 Å². The Morgan fingerprint density at radius 1 is 1.24 bits per heavy atom. The number of carbonyl (C=O) groups excluding carboxylic acids is 1. The molecule has 17 heavy (non-hydrogen) atoms. The van der Waals surface area contributed by atoms with Crippen LogP contribution in [0.5, 0.6) is 11.5 Å². The molecule has 0 bridgehead atoms. The normalized spacial score (nSPS) is 12.9. The van der Waals surface area contributed by atoms with Crippen LogP contribution >= 0.6 is 0 Å². The molecule has 0 unspecified atom stereocenters. The fourth-order valence-corrected chi connectivity index (χ4v) is 1.32. The van der Waals surface area contributed by atoms with Gasteiger partial charge in [0.1, 0.15) is 0 Å². The third-order valence-corrected chi connectivity index (χ3v) is 2.03. The maximum atomic E-state index is 10.1. The monoisotopic (exact) mass is 256 g/mol. The Labute approximate surface area is 141 Å². The predicted octanol–water partition coefficient (Wildman–Crippen LogP) is -2.26. The first kappa shape index (κ1) is 14.5. The van der Waals surface area contributed by atoms with Gasteiger partial charge in [0.15, 0.2) is 11.5 Å². The molecule has 0 saturated heterocycles. The minimum Gasteiger partial charge on any atom is -0.545 e. The third-order valence-electron chi connectivity index (χ3n) is 2.03. The van der Waals surface area contributed by atoms with Crippen LogP contribution in [0.4, 0.5) is 0 Å². The first-order valence-electron chi connectivity index (χ1n) is 4.71. The van der Waals surface area contributed by atoms with Gasteiger partial charge in [-0.2, -0.15) is 0 Å². The predicted molar refractivity (Wildman–Crippen MR) is 55.7 cm³/mol. The molecule has 1 aliphatic heterocycles. The van der Waals surface area contributed by atoms with E-state index in [0.717, 1.165) is 17.4 Å². The Bertz CT molecular complexity index is 466. The van der Waals surface area contributed by atoms with Gasteiger partial charge in [-0.05, 0) is 23.8 Å². The molecule has 0 amide bonds. The van der Waals surface area contributed by atoms with Crippen molar-refractivity contribution in [3.63, 3.8) is 0 Å². The van der Waals surface area contributed by atoms with E-state index < -0.39 is 5.97 Å². The standard InChI is InChI=1S/C12H10O4.K/c13-12(14)4-2-1-3-9-5-6-10-11(7-9)16-8-15-10;/h1-7H,8H2,(H,13,14);/q;+1/p-1/b3-1+,4-2+;. The average Bonchev–Trinajstić information content (AvgIpc) is 2.71. The van der Waals surface area contributed by atoms with E-state index in [4.69, 9.17) is 9.47 Å².